The first kappa shape index (κ1) is 20.9. The van der Waals surface area contributed by atoms with Crippen molar-refractivity contribution < 1.29 is 23.5 Å². The summed E-state index contributed by atoms with van der Waals surface area (Å²) in [5, 5.41) is 3.31. The minimum Gasteiger partial charge on any atom is -0.489 e. The van der Waals surface area contributed by atoms with Crippen LogP contribution in [0.2, 0.25) is 5.02 Å². The maximum atomic E-state index is 13.0. The maximum Gasteiger partial charge on any atom is 0.291 e. The summed E-state index contributed by atoms with van der Waals surface area (Å²) in [5.74, 6) is 0.826. The van der Waals surface area contributed by atoms with Crippen LogP contribution in [0.4, 0.5) is 5.69 Å². The Morgan fingerprint density at radius 3 is 2.87 bits per heavy atom. The Hall–Kier alpha value is -2.31. The SMILES string of the molecule is Cc1c(C(=O)Nc2cc(Cl)ccc2OCC2CCCO2)oc2c1C(=O)CC(C)(C)C2. The molecule has 1 atom stereocenters. The van der Waals surface area contributed by atoms with Crippen LogP contribution < -0.4 is 10.1 Å². The molecule has 0 bridgehead atoms. The van der Waals surface area contributed by atoms with Crippen LogP contribution >= 0.6 is 11.6 Å². The predicted molar refractivity (Wildman–Crippen MR) is 114 cm³/mol. The van der Waals surface area contributed by atoms with Crippen LogP contribution in [0.15, 0.2) is 22.6 Å². The average molecular weight is 432 g/mol. The van der Waals surface area contributed by atoms with E-state index in [9.17, 15) is 9.59 Å². The highest BCUT2D eigenvalue weighted by molar-refractivity contribution is 6.31. The van der Waals surface area contributed by atoms with Gasteiger partial charge >= 0.3 is 0 Å². The second-order valence-corrected chi connectivity index (χ2v) is 9.27. The molecule has 1 fully saturated rings. The number of halogens is 1. The van der Waals surface area contributed by atoms with E-state index in [4.69, 9.17) is 25.5 Å². The quantitative estimate of drug-likeness (QED) is 0.703. The topological polar surface area (TPSA) is 77.8 Å². The molecule has 2 heterocycles. The molecule has 4 rings (SSSR count). The number of benzene rings is 1. The summed E-state index contributed by atoms with van der Waals surface area (Å²) in [7, 11) is 0. The minimum atomic E-state index is -0.434. The van der Waals surface area contributed by atoms with Crippen molar-refractivity contribution in [1.29, 1.82) is 0 Å². The third-order valence-electron chi connectivity index (χ3n) is 5.62. The first-order valence-corrected chi connectivity index (χ1v) is 10.6. The number of furan rings is 1. The second kappa shape index (κ2) is 8.08. The Morgan fingerprint density at radius 2 is 2.13 bits per heavy atom. The van der Waals surface area contributed by atoms with Crippen LogP contribution in [0.25, 0.3) is 0 Å². The van der Waals surface area contributed by atoms with Gasteiger partial charge in [0.15, 0.2) is 11.5 Å². The summed E-state index contributed by atoms with van der Waals surface area (Å²) in [6.07, 6.45) is 3.09. The van der Waals surface area contributed by atoms with Crippen molar-refractivity contribution in [2.24, 2.45) is 5.41 Å². The molecular weight excluding hydrogens is 406 g/mol. The number of carbonyl (C=O) groups is 2. The maximum absolute atomic E-state index is 13.0. The largest absolute Gasteiger partial charge is 0.489 e. The number of carbonyl (C=O) groups excluding carboxylic acids is 2. The van der Waals surface area contributed by atoms with E-state index >= 15 is 0 Å². The van der Waals surface area contributed by atoms with Crippen LogP contribution in [0.3, 0.4) is 0 Å². The molecule has 6 nitrogen and oxygen atoms in total. The van der Waals surface area contributed by atoms with E-state index in [2.05, 4.69) is 5.32 Å². The van der Waals surface area contributed by atoms with E-state index in [0.29, 0.717) is 52.8 Å². The smallest absolute Gasteiger partial charge is 0.291 e. The monoisotopic (exact) mass is 431 g/mol. The van der Waals surface area contributed by atoms with Gasteiger partial charge in [-0.25, -0.2) is 0 Å². The normalized spacial score (nSPS) is 20.1. The zero-order valence-corrected chi connectivity index (χ0v) is 18.2. The molecule has 30 heavy (non-hydrogen) atoms. The van der Waals surface area contributed by atoms with Gasteiger partial charge in [-0.2, -0.15) is 0 Å². The van der Waals surface area contributed by atoms with Gasteiger partial charge in [0.2, 0.25) is 0 Å². The Balaban J connectivity index is 1.56. The fourth-order valence-corrected chi connectivity index (χ4v) is 4.33. The van der Waals surface area contributed by atoms with E-state index in [1.165, 1.54) is 0 Å². The lowest BCUT2D eigenvalue weighted by Gasteiger charge is -2.27. The van der Waals surface area contributed by atoms with E-state index in [1.54, 1.807) is 25.1 Å². The van der Waals surface area contributed by atoms with Crippen molar-refractivity contribution in [2.45, 2.75) is 52.6 Å². The summed E-state index contributed by atoms with van der Waals surface area (Å²) >= 11 is 6.14. The molecule has 7 heteroatoms. The van der Waals surface area contributed by atoms with Crippen molar-refractivity contribution in [1.82, 2.24) is 0 Å². The Labute approximate surface area is 180 Å². The first-order chi connectivity index (χ1) is 14.2. The van der Waals surface area contributed by atoms with Gasteiger partial charge in [-0.3, -0.25) is 9.59 Å². The standard InChI is InChI=1S/C23H26ClNO5/c1-13-20-17(26)10-23(2,3)11-19(20)30-21(13)22(27)25-16-9-14(24)6-7-18(16)29-12-15-5-4-8-28-15/h6-7,9,15H,4-5,8,10-12H2,1-3H3,(H,25,27). The summed E-state index contributed by atoms with van der Waals surface area (Å²) in [6.45, 7) is 6.95. The van der Waals surface area contributed by atoms with Crippen LogP contribution in [0.5, 0.6) is 5.75 Å². The fraction of sp³-hybridized carbons (Fsp3) is 0.478. The number of hydrogen-bond acceptors (Lipinski definition) is 5. The van der Waals surface area contributed by atoms with Crippen LogP contribution in [0, 0.1) is 12.3 Å². The molecule has 0 saturated carbocycles. The van der Waals surface area contributed by atoms with Gasteiger partial charge in [-0.15, -0.1) is 0 Å². The lowest BCUT2D eigenvalue weighted by Crippen LogP contribution is -2.26. The molecule has 1 unspecified atom stereocenters. The zero-order valence-electron chi connectivity index (χ0n) is 17.5. The molecular formula is C23H26ClNO5. The molecule has 1 aliphatic carbocycles. The number of nitrogens with one attached hydrogen (secondary N) is 1. The van der Waals surface area contributed by atoms with Crippen LogP contribution in [0.1, 0.15) is 65.3 Å². The zero-order chi connectivity index (χ0) is 21.5. The van der Waals surface area contributed by atoms with E-state index in [0.717, 1.165) is 19.4 Å². The summed E-state index contributed by atoms with van der Waals surface area (Å²) in [4.78, 5) is 25.6. The number of amides is 1. The number of fused-ring (bicyclic) bond motifs is 1. The minimum absolute atomic E-state index is 0.0184. The first-order valence-electron chi connectivity index (χ1n) is 10.2. The number of rotatable bonds is 5. The van der Waals surface area contributed by atoms with Gasteiger partial charge in [0.1, 0.15) is 18.1 Å². The fourth-order valence-electron chi connectivity index (χ4n) is 4.16. The Bertz CT molecular complexity index is 988. The third kappa shape index (κ3) is 4.25. The number of ketones is 1. The number of ether oxygens (including phenoxy) is 2. The highest BCUT2D eigenvalue weighted by Crippen LogP contribution is 2.39. The van der Waals surface area contributed by atoms with Gasteiger partial charge in [0.25, 0.3) is 5.91 Å². The molecule has 1 saturated heterocycles. The molecule has 0 spiro atoms. The summed E-state index contributed by atoms with van der Waals surface area (Å²) < 4.78 is 17.3. The highest BCUT2D eigenvalue weighted by Gasteiger charge is 2.37. The lowest BCUT2D eigenvalue weighted by atomic mass is 9.76. The van der Waals surface area contributed by atoms with Crippen molar-refractivity contribution in [3.63, 3.8) is 0 Å². The molecule has 1 aromatic carbocycles. The number of Topliss-reactive ketones (excluding diaryl/α,β-unsaturated/α-hetero) is 1. The van der Waals surface area contributed by atoms with Crippen LogP contribution in [-0.2, 0) is 11.2 Å². The molecule has 1 aliphatic heterocycles. The van der Waals surface area contributed by atoms with Crippen LogP contribution in [-0.4, -0.2) is 31.0 Å². The van der Waals surface area contributed by atoms with Crippen molar-refractivity contribution >= 4 is 29.0 Å². The van der Waals surface area contributed by atoms with Crippen molar-refractivity contribution in [2.75, 3.05) is 18.5 Å². The van der Waals surface area contributed by atoms with Crippen molar-refractivity contribution in [3.05, 3.63) is 45.9 Å². The molecule has 0 radical (unpaired) electrons. The molecule has 1 aromatic heterocycles. The van der Waals surface area contributed by atoms with E-state index < -0.39 is 5.91 Å². The number of anilines is 1. The Morgan fingerprint density at radius 1 is 1.33 bits per heavy atom. The predicted octanol–water partition coefficient (Wildman–Crippen LogP) is 5.21. The Kier molecular flexibility index (Phi) is 5.64. The third-order valence-corrected chi connectivity index (χ3v) is 5.86. The molecule has 2 aromatic rings. The molecule has 1 N–H and O–H groups in total. The van der Waals surface area contributed by atoms with Gasteiger partial charge < -0.3 is 19.2 Å². The van der Waals surface area contributed by atoms with Gasteiger partial charge in [-0.05, 0) is 43.4 Å². The second-order valence-electron chi connectivity index (χ2n) is 8.84. The van der Waals surface area contributed by atoms with Gasteiger partial charge in [0, 0.05) is 30.0 Å². The van der Waals surface area contributed by atoms with E-state index in [-0.39, 0.29) is 23.1 Å². The summed E-state index contributed by atoms with van der Waals surface area (Å²) in [5.41, 5.74) is 1.39. The van der Waals surface area contributed by atoms with E-state index in [1.807, 2.05) is 13.8 Å². The lowest BCUT2D eigenvalue weighted by molar-refractivity contribution is 0.0681. The highest BCUT2D eigenvalue weighted by atomic mass is 35.5. The number of hydrogen-bond donors (Lipinski definition) is 1. The van der Waals surface area contributed by atoms with Crippen molar-refractivity contribution in [3.8, 4) is 5.75 Å². The molecule has 1 amide bonds. The average Bonchev–Trinajstić information content (AvgIpc) is 3.28. The summed E-state index contributed by atoms with van der Waals surface area (Å²) in [6, 6.07) is 5.06. The van der Waals surface area contributed by atoms with Gasteiger partial charge in [0.05, 0.1) is 17.4 Å². The molecule has 160 valence electrons. The molecule has 2 aliphatic rings. The van der Waals surface area contributed by atoms with Gasteiger partial charge in [-0.1, -0.05) is 25.4 Å².